The number of halogens is 1. The number of nitrogens with zero attached hydrogens (tertiary/aromatic N) is 1. The van der Waals surface area contributed by atoms with Crippen LogP contribution in [-0.2, 0) is 20.9 Å². The van der Waals surface area contributed by atoms with E-state index in [-0.39, 0.29) is 30.4 Å². The number of carbonyl (C=O) groups excluding carboxylic acids is 4. The summed E-state index contributed by atoms with van der Waals surface area (Å²) in [6.45, 7) is -0.569. The molecule has 2 heterocycles. The van der Waals surface area contributed by atoms with Gasteiger partial charge in [0.15, 0.2) is 6.61 Å². The lowest BCUT2D eigenvalue weighted by Crippen LogP contribution is -2.30. The van der Waals surface area contributed by atoms with Crippen LogP contribution in [0.15, 0.2) is 82.9 Å². The number of esters is 1. The van der Waals surface area contributed by atoms with Crippen LogP contribution < -0.4 is 15.4 Å². The Morgan fingerprint density at radius 1 is 1.02 bits per heavy atom. The van der Waals surface area contributed by atoms with E-state index in [1.165, 1.54) is 49.6 Å². The fourth-order valence-electron chi connectivity index (χ4n) is 4.11. The van der Waals surface area contributed by atoms with E-state index >= 15 is 0 Å². The van der Waals surface area contributed by atoms with Crippen LogP contribution in [0.2, 0.25) is 0 Å². The molecule has 4 amide bonds. The number of carbonyl (C=O) groups is 4. The minimum absolute atomic E-state index is 0.0123. The average Bonchev–Trinajstić information content (AvgIpc) is 3.53. The number of fused-ring (bicyclic) bond motifs is 1. The molecule has 3 aromatic carbocycles. The second-order valence-corrected chi connectivity index (χ2v) is 8.68. The van der Waals surface area contributed by atoms with Crippen molar-refractivity contribution in [2.75, 3.05) is 19.0 Å². The number of hydrogen-bond donors (Lipinski definition) is 2. The van der Waals surface area contributed by atoms with E-state index in [2.05, 4.69) is 15.4 Å². The van der Waals surface area contributed by atoms with Crippen molar-refractivity contribution >= 4 is 46.4 Å². The van der Waals surface area contributed by atoms with Crippen LogP contribution in [-0.4, -0.2) is 42.4 Å². The smallest absolute Gasteiger partial charge is 0.373 e. The third-order valence-corrected chi connectivity index (χ3v) is 6.03. The summed E-state index contributed by atoms with van der Waals surface area (Å²) >= 11 is 0. The van der Waals surface area contributed by atoms with Crippen molar-refractivity contribution in [2.45, 2.75) is 6.54 Å². The van der Waals surface area contributed by atoms with Gasteiger partial charge in [0.25, 0.3) is 11.8 Å². The van der Waals surface area contributed by atoms with Gasteiger partial charge in [0, 0.05) is 11.3 Å². The van der Waals surface area contributed by atoms with Crippen molar-refractivity contribution in [1.82, 2.24) is 10.2 Å². The highest BCUT2D eigenvalue weighted by Gasteiger charge is 2.34. The molecule has 0 atom stereocenters. The third-order valence-electron chi connectivity index (χ3n) is 6.03. The molecule has 0 spiro atoms. The molecule has 0 aliphatic carbocycles. The van der Waals surface area contributed by atoms with Crippen molar-refractivity contribution in [3.8, 4) is 5.75 Å². The van der Waals surface area contributed by atoms with Crippen molar-refractivity contribution < 1.29 is 37.5 Å². The maximum Gasteiger partial charge on any atom is 0.373 e. The Morgan fingerprint density at radius 2 is 1.80 bits per heavy atom. The van der Waals surface area contributed by atoms with Gasteiger partial charge in [0.1, 0.15) is 23.0 Å². The lowest BCUT2D eigenvalue weighted by molar-refractivity contribution is -0.123. The van der Waals surface area contributed by atoms with Gasteiger partial charge in [-0.2, -0.15) is 0 Å². The van der Waals surface area contributed by atoms with Crippen LogP contribution in [0.3, 0.4) is 0 Å². The first kappa shape index (κ1) is 26.2. The first-order valence-corrected chi connectivity index (χ1v) is 12.0. The Labute approximate surface area is 227 Å². The highest BCUT2D eigenvalue weighted by Crippen LogP contribution is 2.31. The van der Waals surface area contributed by atoms with Crippen molar-refractivity contribution in [2.24, 2.45) is 0 Å². The highest BCUT2D eigenvalue weighted by molar-refractivity contribution is 6.14. The molecule has 1 aliphatic heterocycles. The Balaban J connectivity index is 1.38. The molecule has 1 saturated heterocycles. The molecular formula is C29H22FN3O7. The van der Waals surface area contributed by atoms with Crippen LogP contribution in [0.25, 0.3) is 16.8 Å². The molecule has 202 valence electrons. The molecule has 0 saturated carbocycles. The van der Waals surface area contributed by atoms with E-state index in [4.69, 9.17) is 9.15 Å². The van der Waals surface area contributed by atoms with Crippen LogP contribution in [0, 0.1) is 5.82 Å². The zero-order chi connectivity index (χ0) is 28.2. The summed E-state index contributed by atoms with van der Waals surface area (Å²) < 4.78 is 28.9. The number of amides is 4. The van der Waals surface area contributed by atoms with Gasteiger partial charge in [-0.05, 0) is 59.3 Å². The van der Waals surface area contributed by atoms with E-state index in [1.807, 2.05) is 30.3 Å². The van der Waals surface area contributed by atoms with Crippen LogP contribution in [0.5, 0.6) is 5.75 Å². The molecule has 40 heavy (non-hydrogen) atoms. The fourth-order valence-corrected chi connectivity index (χ4v) is 4.11. The lowest BCUT2D eigenvalue weighted by atomic mass is 10.0. The van der Waals surface area contributed by atoms with Gasteiger partial charge in [0.2, 0.25) is 5.76 Å². The molecule has 1 aliphatic rings. The van der Waals surface area contributed by atoms with E-state index < -0.39 is 29.6 Å². The first-order chi connectivity index (χ1) is 19.3. The second kappa shape index (κ2) is 11.1. The van der Waals surface area contributed by atoms with Gasteiger partial charge in [-0.1, -0.05) is 30.3 Å². The predicted molar refractivity (Wildman–Crippen MR) is 142 cm³/mol. The lowest BCUT2D eigenvalue weighted by Gasteiger charge is -2.13. The molecule has 0 radical (unpaired) electrons. The summed E-state index contributed by atoms with van der Waals surface area (Å²) in [5.41, 5.74) is 0.872. The normalized spacial score (nSPS) is 13.9. The molecule has 2 N–H and O–H groups in total. The molecule has 0 unspecified atom stereocenters. The van der Waals surface area contributed by atoms with E-state index in [0.717, 1.165) is 15.7 Å². The largest absolute Gasteiger partial charge is 0.483 e. The standard InChI is InChI=1S/C29H22FN3O7/c1-38-28(36)25-13-11-20(40-25)15-33-27(35)23(32-29(33)37)14-22-21-5-3-2-4-17(21)6-12-24(22)39-16-26(34)31-19-9-7-18(30)8-10-19/h2-14H,15-16H2,1H3,(H,31,34)(H,32,37)/b23-14-. The van der Waals surface area contributed by atoms with E-state index in [9.17, 15) is 23.6 Å². The summed E-state index contributed by atoms with van der Waals surface area (Å²) in [5.74, 6) is -1.74. The van der Waals surface area contributed by atoms with Crippen LogP contribution >= 0.6 is 0 Å². The minimum atomic E-state index is -0.682. The number of hydrogen-bond acceptors (Lipinski definition) is 7. The van der Waals surface area contributed by atoms with Gasteiger partial charge >= 0.3 is 12.0 Å². The zero-order valence-corrected chi connectivity index (χ0v) is 21.1. The molecule has 1 fully saturated rings. The number of imide groups is 1. The van der Waals surface area contributed by atoms with Gasteiger partial charge in [-0.3, -0.25) is 14.5 Å². The molecule has 5 rings (SSSR count). The maximum atomic E-state index is 13.2. The summed E-state index contributed by atoms with van der Waals surface area (Å²) in [4.78, 5) is 50.9. The Hall–Kier alpha value is -5.45. The molecule has 4 aromatic rings. The Kier molecular flexibility index (Phi) is 7.27. The number of ether oxygens (including phenoxy) is 2. The number of nitrogens with one attached hydrogen (secondary N) is 2. The number of anilines is 1. The third kappa shape index (κ3) is 5.53. The maximum absolute atomic E-state index is 13.2. The van der Waals surface area contributed by atoms with Crippen LogP contribution in [0.4, 0.5) is 14.9 Å². The SMILES string of the molecule is COC(=O)c1ccc(CN2C(=O)N/C(=C\c3c(OCC(=O)Nc4ccc(F)cc4)ccc4ccccc34)C2=O)o1. The zero-order valence-electron chi connectivity index (χ0n) is 21.1. The number of urea groups is 1. The quantitative estimate of drug-likeness (QED) is 0.191. The molecule has 0 bridgehead atoms. The Morgan fingerprint density at radius 3 is 2.58 bits per heavy atom. The van der Waals surface area contributed by atoms with Crippen molar-refractivity contribution in [1.29, 1.82) is 0 Å². The summed E-state index contributed by atoms with van der Waals surface area (Å²) in [5, 5.41) is 6.75. The summed E-state index contributed by atoms with van der Waals surface area (Å²) in [7, 11) is 1.21. The molecule has 1 aromatic heterocycles. The number of rotatable bonds is 8. The predicted octanol–water partition coefficient (Wildman–Crippen LogP) is 4.47. The first-order valence-electron chi connectivity index (χ1n) is 12.0. The van der Waals surface area contributed by atoms with E-state index in [0.29, 0.717) is 17.0 Å². The topological polar surface area (TPSA) is 127 Å². The van der Waals surface area contributed by atoms with Gasteiger partial charge < -0.3 is 24.5 Å². The van der Waals surface area contributed by atoms with Crippen molar-refractivity contribution in [3.05, 3.63) is 101 Å². The summed E-state index contributed by atoms with van der Waals surface area (Å²) in [6, 6.07) is 18.3. The second-order valence-electron chi connectivity index (χ2n) is 8.68. The van der Waals surface area contributed by atoms with E-state index in [1.54, 1.807) is 6.07 Å². The number of furan rings is 1. The highest BCUT2D eigenvalue weighted by atomic mass is 19.1. The Bertz CT molecular complexity index is 1660. The molecular weight excluding hydrogens is 521 g/mol. The number of benzene rings is 3. The van der Waals surface area contributed by atoms with Gasteiger partial charge in [-0.25, -0.2) is 14.0 Å². The number of methoxy groups -OCH3 is 1. The molecule has 10 nitrogen and oxygen atoms in total. The molecule has 11 heteroatoms. The summed E-state index contributed by atoms with van der Waals surface area (Å²) in [6.07, 6.45) is 1.48. The van der Waals surface area contributed by atoms with Crippen molar-refractivity contribution in [3.63, 3.8) is 0 Å². The fraction of sp³-hybridized carbons (Fsp3) is 0.103. The van der Waals surface area contributed by atoms with Crippen LogP contribution in [0.1, 0.15) is 21.9 Å². The minimum Gasteiger partial charge on any atom is -0.483 e. The van der Waals surface area contributed by atoms with Gasteiger partial charge in [0.05, 0.1) is 13.7 Å². The average molecular weight is 544 g/mol. The monoisotopic (exact) mass is 543 g/mol. The van der Waals surface area contributed by atoms with Gasteiger partial charge in [-0.15, -0.1) is 0 Å².